The van der Waals surface area contributed by atoms with Crippen molar-refractivity contribution in [2.45, 2.75) is 25.9 Å². The van der Waals surface area contributed by atoms with E-state index in [-0.39, 0.29) is 25.3 Å². The molecule has 1 aliphatic rings. The molecule has 0 saturated carbocycles. The maximum absolute atomic E-state index is 12.5. The number of hydrogen-bond donors (Lipinski definition) is 1. The number of carbonyl (C=O) groups excluding carboxylic acids is 4. The third-order valence-electron chi connectivity index (χ3n) is 4.48. The topological polar surface area (TPSA) is 92.8 Å². The molecule has 29 heavy (non-hydrogen) atoms. The van der Waals surface area contributed by atoms with Crippen molar-refractivity contribution in [2.75, 3.05) is 11.9 Å². The number of carbonyl (C=O) groups is 4. The minimum atomic E-state index is -1.06. The summed E-state index contributed by atoms with van der Waals surface area (Å²) >= 11 is 5.99. The van der Waals surface area contributed by atoms with Crippen molar-refractivity contribution in [1.29, 1.82) is 0 Å². The molecule has 8 heteroatoms. The Kier molecular flexibility index (Phi) is 6.29. The molecule has 150 valence electrons. The van der Waals surface area contributed by atoms with E-state index in [2.05, 4.69) is 5.32 Å². The van der Waals surface area contributed by atoms with E-state index in [4.69, 9.17) is 16.3 Å². The molecule has 0 radical (unpaired) electrons. The van der Waals surface area contributed by atoms with Crippen LogP contribution in [-0.4, -0.2) is 41.2 Å². The summed E-state index contributed by atoms with van der Waals surface area (Å²) in [5.41, 5.74) is 1.53. The second-order valence-corrected chi connectivity index (χ2v) is 6.94. The zero-order valence-corrected chi connectivity index (χ0v) is 16.4. The number of para-hydroxylation sites is 1. The molecule has 3 amide bonds. The Hall–Kier alpha value is -3.19. The van der Waals surface area contributed by atoms with Crippen LogP contribution in [0.15, 0.2) is 48.5 Å². The zero-order chi connectivity index (χ0) is 21.0. The molecule has 1 heterocycles. The summed E-state index contributed by atoms with van der Waals surface area (Å²) in [6.07, 6.45) is -1.16. The standard InChI is InChI=1S/C21H19ClN2O5/c1-13(20(27)23-17-9-5-4-8-16(17)22)29-19(26)10-11-24-18(25)12-14-6-2-3-7-15(14)21(24)28/h2-9,13H,10-12H2,1H3,(H,23,27)/t13-/m1/s1. The first-order valence-corrected chi connectivity index (χ1v) is 9.42. The van der Waals surface area contributed by atoms with Gasteiger partial charge in [0.2, 0.25) is 5.91 Å². The summed E-state index contributed by atoms with van der Waals surface area (Å²) in [5, 5.41) is 2.94. The Morgan fingerprint density at radius 2 is 1.83 bits per heavy atom. The third-order valence-corrected chi connectivity index (χ3v) is 4.81. The molecule has 0 aromatic heterocycles. The average Bonchev–Trinajstić information content (AvgIpc) is 2.69. The molecular weight excluding hydrogens is 396 g/mol. The second-order valence-electron chi connectivity index (χ2n) is 6.54. The van der Waals surface area contributed by atoms with Crippen LogP contribution >= 0.6 is 11.6 Å². The van der Waals surface area contributed by atoms with Gasteiger partial charge in [0.15, 0.2) is 6.10 Å². The van der Waals surface area contributed by atoms with Gasteiger partial charge in [0.1, 0.15) is 0 Å². The molecule has 0 saturated heterocycles. The number of amides is 3. The Morgan fingerprint density at radius 3 is 2.59 bits per heavy atom. The van der Waals surface area contributed by atoms with E-state index in [1.165, 1.54) is 6.92 Å². The van der Waals surface area contributed by atoms with Gasteiger partial charge in [-0.1, -0.05) is 41.9 Å². The maximum atomic E-state index is 12.5. The number of esters is 1. The van der Waals surface area contributed by atoms with Crippen LogP contribution in [0.5, 0.6) is 0 Å². The van der Waals surface area contributed by atoms with Crippen LogP contribution in [0.3, 0.4) is 0 Å². The van der Waals surface area contributed by atoms with Crippen LogP contribution in [0.2, 0.25) is 5.02 Å². The normalized spacial score (nSPS) is 14.2. The lowest BCUT2D eigenvalue weighted by Crippen LogP contribution is -2.43. The smallest absolute Gasteiger partial charge is 0.308 e. The Labute approximate surface area is 172 Å². The average molecular weight is 415 g/mol. The molecule has 1 atom stereocenters. The monoisotopic (exact) mass is 414 g/mol. The number of halogens is 1. The van der Waals surface area contributed by atoms with Gasteiger partial charge in [-0.15, -0.1) is 0 Å². The first-order chi connectivity index (χ1) is 13.9. The second kappa shape index (κ2) is 8.87. The number of nitrogens with one attached hydrogen (secondary N) is 1. The lowest BCUT2D eigenvalue weighted by molar-refractivity contribution is -0.153. The third kappa shape index (κ3) is 4.81. The molecule has 3 rings (SSSR count). The number of fused-ring (bicyclic) bond motifs is 1. The number of imide groups is 1. The predicted molar refractivity (Wildman–Crippen MR) is 106 cm³/mol. The van der Waals surface area contributed by atoms with Gasteiger partial charge in [-0.2, -0.15) is 0 Å². The number of ether oxygens (including phenoxy) is 1. The van der Waals surface area contributed by atoms with Crippen LogP contribution in [-0.2, 0) is 25.5 Å². The van der Waals surface area contributed by atoms with Crippen molar-refractivity contribution in [3.8, 4) is 0 Å². The Bertz CT molecular complexity index is 975. The van der Waals surface area contributed by atoms with E-state index in [1.54, 1.807) is 48.5 Å². The molecule has 0 fully saturated rings. The summed E-state index contributed by atoms with van der Waals surface area (Å²) in [6, 6.07) is 13.6. The first kappa shape index (κ1) is 20.5. The molecule has 7 nitrogen and oxygen atoms in total. The zero-order valence-electron chi connectivity index (χ0n) is 15.7. The summed E-state index contributed by atoms with van der Waals surface area (Å²) in [4.78, 5) is 50.0. The highest BCUT2D eigenvalue weighted by Gasteiger charge is 2.31. The minimum absolute atomic E-state index is 0.105. The number of hydrogen-bond acceptors (Lipinski definition) is 5. The molecular formula is C21H19ClN2O5. The summed E-state index contributed by atoms with van der Waals surface area (Å²) in [7, 11) is 0. The number of rotatable bonds is 6. The van der Waals surface area contributed by atoms with E-state index < -0.39 is 23.9 Å². The first-order valence-electron chi connectivity index (χ1n) is 9.04. The van der Waals surface area contributed by atoms with Crippen molar-refractivity contribution in [2.24, 2.45) is 0 Å². The molecule has 0 unspecified atom stereocenters. The summed E-state index contributed by atoms with van der Waals surface area (Å²) in [6.45, 7) is 1.32. The van der Waals surface area contributed by atoms with E-state index in [0.29, 0.717) is 21.8 Å². The van der Waals surface area contributed by atoms with Crippen LogP contribution in [0.1, 0.15) is 29.3 Å². The lowest BCUT2D eigenvalue weighted by atomic mass is 9.98. The van der Waals surface area contributed by atoms with E-state index >= 15 is 0 Å². The summed E-state index contributed by atoms with van der Waals surface area (Å²) < 4.78 is 5.11. The maximum Gasteiger partial charge on any atom is 0.308 e. The van der Waals surface area contributed by atoms with Crippen molar-refractivity contribution in [3.05, 3.63) is 64.7 Å². The fraction of sp³-hybridized carbons (Fsp3) is 0.238. The molecule has 0 aliphatic carbocycles. The molecule has 1 aliphatic heterocycles. The van der Waals surface area contributed by atoms with Gasteiger partial charge in [-0.05, 0) is 30.7 Å². The van der Waals surface area contributed by atoms with Crippen LogP contribution in [0.4, 0.5) is 5.69 Å². The van der Waals surface area contributed by atoms with E-state index in [9.17, 15) is 19.2 Å². The highest BCUT2D eigenvalue weighted by atomic mass is 35.5. The Balaban J connectivity index is 1.53. The van der Waals surface area contributed by atoms with E-state index in [0.717, 1.165) is 4.90 Å². The SMILES string of the molecule is C[C@@H](OC(=O)CCN1C(=O)Cc2ccccc2C1=O)C(=O)Nc1ccccc1Cl. The van der Waals surface area contributed by atoms with Crippen LogP contribution in [0.25, 0.3) is 0 Å². The largest absolute Gasteiger partial charge is 0.452 e. The van der Waals surface area contributed by atoms with Gasteiger partial charge < -0.3 is 10.1 Å². The quantitative estimate of drug-likeness (QED) is 0.579. The van der Waals surface area contributed by atoms with Crippen LogP contribution < -0.4 is 5.32 Å². The molecule has 1 N–H and O–H groups in total. The molecule has 2 aromatic carbocycles. The van der Waals surface area contributed by atoms with Crippen molar-refractivity contribution >= 4 is 41.0 Å². The van der Waals surface area contributed by atoms with Crippen molar-refractivity contribution < 1.29 is 23.9 Å². The summed E-state index contributed by atoms with van der Waals surface area (Å²) in [5.74, 6) is -2.03. The molecule has 0 bridgehead atoms. The fourth-order valence-corrected chi connectivity index (χ4v) is 3.12. The number of anilines is 1. The molecule has 0 spiro atoms. The highest BCUT2D eigenvalue weighted by molar-refractivity contribution is 6.33. The fourth-order valence-electron chi connectivity index (χ4n) is 2.94. The van der Waals surface area contributed by atoms with Crippen LogP contribution in [0, 0.1) is 0 Å². The lowest BCUT2D eigenvalue weighted by Gasteiger charge is -2.26. The molecule has 2 aromatic rings. The van der Waals surface area contributed by atoms with Gasteiger partial charge in [-0.3, -0.25) is 24.1 Å². The van der Waals surface area contributed by atoms with Gasteiger partial charge >= 0.3 is 5.97 Å². The van der Waals surface area contributed by atoms with Gasteiger partial charge in [0, 0.05) is 12.1 Å². The predicted octanol–water partition coefficient (Wildman–Crippen LogP) is 2.83. The van der Waals surface area contributed by atoms with Crippen molar-refractivity contribution in [3.63, 3.8) is 0 Å². The van der Waals surface area contributed by atoms with Gasteiger partial charge in [0.05, 0.1) is 23.6 Å². The van der Waals surface area contributed by atoms with E-state index in [1.807, 2.05) is 0 Å². The highest BCUT2D eigenvalue weighted by Crippen LogP contribution is 2.21. The van der Waals surface area contributed by atoms with Crippen molar-refractivity contribution in [1.82, 2.24) is 4.90 Å². The minimum Gasteiger partial charge on any atom is -0.452 e. The van der Waals surface area contributed by atoms with Gasteiger partial charge in [-0.25, -0.2) is 0 Å². The Morgan fingerprint density at radius 1 is 1.14 bits per heavy atom. The number of benzene rings is 2. The number of nitrogens with zero attached hydrogens (tertiary/aromatic N) is 1. The van der Waals surface area contributed by atoms with Gasteiger partial charge in [0.25, 0.3) is 11.8 Å².